The van der Waals surface area contributed by atoms with Crippen LogP contribution in [0.15, 0.2) is 12.2 Å². The van der Waals surface area contributed by atoms with E-state index in [9.17, 15) is 14.4 Å². The molecule has 0 radical (unpaired) electrons. The largest absolute Gasteiger partial charge is 0.481 e. The molecule has 0 saturated heterocycles. The normalized spacial score (nSPS) is 11.7. The van der Waals surface area contributed by atoms with Crippen LogP contribution in [0.5, 0.6) is 0 Å². The number of carbonyl (C=O) groups is 3. The number of hydrogen-bond donors (Lipinski definition) is 1. The molecule has 0 aromatic rings. The highest BCUT2D eigenvalue weighted by molar-refractivity contribution is 5.69. The monoisotopic (exact) mass is 625 g/mol. The van der Waals surface area contributed by atoms with E-state index >= 15 is 0 Å². The minimum atomic E-state index is -0.679. The summed E-state index contributed by atoms with van der Waals surface area (Å²) in [6.07, 6.45) is 32.6. The van der Waals surface area contributed by atoms with Gasteiger partial charge in [-0.3, -0.25) is 14.4 Å². The van der Waals surface area contributed by atoms with Crippen LogP contribution in [-0.4, -0.2) is 67.9 Å². The Balaban J connectivity index is 3.31. The van der Waals surface area contributed by atoms with Crippen molar-refractivity contribution in [3.8, 4) is 0 Å². The molecule has 258 valence electrons. The summed E-state index contributed by atoms with van der Waals surface area (Å²) >= 11 is 0. The van der Waals surface area contributed by atoms with Gasteiger partial charge in [0, 0.05) is 19.8 Å². The van der Waals surface area contributed by atoms with Crippen molar-refractivity contribution < 1.29 is 33.4 Å². The molecule has 0 aromatic heterocycles. The first-order valence-electron chi connectivity index (χ1n) is 18.2. The Labute approximate surface area is 271 Å². The number of allylic oxidation sites excluding steroid dienone is 2. The van der Waals surface area contributed by atoms with Crippen molar-refractivity contribution in [1.29, 1.82) is 0 Å². The molecule has 0 aromatic carbocycles. The summed E-state index contributed by atoms with van der Waals surface area (Å²) in [5.41, 5.74) is 0. The first kappa shape index (κ1) is 42.1. The molecule has 0 fully saturated rings. The quantitative estimate of drug-likeness (QED) is 0.0338. The van der Waals surface area contributed by atoms with Crippen LogP contribution in [0.1, 0.15) is 167 Å². The summed E-state index contributed by atoms with van der Waals surface area (Å²) in [5.74, 6) is -0.902. The molecule has 0 unspecified atom stereocenters. The topological polar surface area (TPSA) is 89.9 Å². The Morgan fingerprint density at radius 2 is 0.955 bits per heavy atom. The van der Waals surface area contributed by atoms with Crippen LogP contribution in [0, 0.1) is 0 Å². The highest BCUT2D eigenvalue weighted by Gasteiger charge is 2.14. The lowest BCUT2D eigenvalue weighted by Gasteiger charge is -2.29. The Kier molecular flexibility index (Phi) is 29.8. The lowest BCUT2D eigenvalue weighted by Crippen LogP contribution is -2.43. The predicted octanol–water partition coefficient (Wildman–Crippen LogP) is 9.56. The molecular formula is C37H70NO6+. The Hall–Kier alpha value is -1.89. The van der Waals surface area contributed by atoms with E-state index in [1.807, 2.05) is 0 Å². The fraction of sp³-hybridized carbons (Fsp3) is 0.865. The SMILES string of the molecule is CC(=O)OCC[N+](C)(C)CCCCCCCCCCCOC(=O)CCCCCCCC/C=C/CCCCCCCCC(=O)O. The fourth-order valence-electron chi connectivity index (χ4n) is 5.41. The third kappa shape index (κ3) is 34.6. The molecule has 0 bridgehead atoms. The first-order chi connectivity index (χ1) is 21.2. The zero-order chi connectivity index (χ0) is 32.6. The standard InChI is InChI=1S/C37H69NO6/c1-35(39)43-34-32-38(2,3)31-27-23-19-15-12-16-20-24-28-33-44-37(42)30-26-22-18-14-11-9-7-5-4-6-8-10-13-17-21-25-29-36(40)41/h4-5H,6-34H2,1-3H3/p+1/b5-4+. The van der Waals surface area contributed by atoms with Gasteiger partial charge in [0.05, 0.1) is 27.2 Å². The number of rotatable bonds is 33. The third-order valence-corrected chi connectivity index (χ3v) is 8.35. The number of aliphatic carboxylic acids is 1. The van der Waals surface area contributed by atoms with E-state index in [2.05, 4.69) is 26.2 Å². The van der Waals surface area contributed by atoms with Crippen molar-refractivity contribution in [3.05, 3.63) is 12.2 Å². The number of carboxylic acid groups (broad SMARTS) is 1. The van der Waals surface area contributed by atoms with Crippen LogP contribution >= 0.6 is 0 Å². The van der Waals surface area contributed by atoms with Gasteiger partial charge < -0.3 is 19.1 Å². The van der Waals surface area contributed by atoms with Gasteiger partial charge in [0.15, 0.2) is 0 Å². The van der Waals surface area contributed by atoms with E-state index in [1.165, 1.54) is 103 Å². The van der Waals surface area contributed by atoms with Gasteiger partial charge in [-0.25, -0.2) is 0 Å². The van der Waals surface area contributed by atoms with Gasteiger partial charge in [-0.1, -0.05) is 102 Å². The van der Waals surface area contributed by atoms with Crippen molar-refractivity contribution in [2.75, 3.05) is 40.4 Å². The number of esters is 2. The van der Waals surface area contributed by atoms with Crippen LogP contribution < -0.4 is 0 Å². The minimum absolute atomic E-state index is 0.0264. The predicted molar refractivity (Wildman–Crippen MR) is 182 cm³/mol. The molecule has 0 amide bonds. The summed E-state index contributed by atoms with van der Waals surface area (Å²) in [7, 11) is 4.40. The number of carboxylic acids is 1. The molecule has 1 N–H and O–H groups in total. The smallest absolute Gasteiger partial charge is 0.305 e. The molecule has 0 atom stereocenters. The number of unbranched alkanes of at least 4 members (excludes halogenated alkanes) is 20. The zero-order valence-corrected chi connectivity index (χ0v) is 29.1. The van der Waals surface area contributed by atoms with Gasteiger partial charge in [0.25, 0.3) is 0 Å². The van der Waals surface area contributed by atoms with Crippen LogP contribution in [0.3, 0.4) is 0 Å². The van der Waals surface area contributed by atoms with Crippen molar-refractivity contribution >= 4 is 17.9 Å². The molecule has 44 heavy (non-hydrogen) atoms. The highest BCUT2D eigenvalue weighted by atomic mass is 16.5. The van der Waals surface area contributed by atoms with E-state index in [4.69, 9.17) is 14.6 Å². The Bertz CT molecular complexity index is 721. The molecule has 0 aliphatic rings. The summed E-state index contributed by atoms with van der Waals surface area (Å²) in [4.78, 5) is 33.3. The van der Waals surface area contributed by atoms with Gasteiger partial charge in [0.1, 0.15) is 13.2 Å². The number of hydrogen-bond acceptors (Lipinski definition) is 5. The van der Waals surface area contributed by atoms with Gasteiger partial charge in [0.2, 0.25) is 0 Å². The lowest BCUT2D eigenvalue weighted by atomic mass is 10.1. The van der Waals surface area contributed by atoms with Gasteiger partial charge in [-0.05, 0) is 57.8 Å². The summed E-state index contributed by atoms with van der Waals surface area (Å²) in [6, 6.07) is 0. The lowest BCUT2D eigenvalue weighted by molar-refractivity contribution is -0.890. The molecule has 0 aliphatic carbocycles. The molecular weight excluding hydrogens is 554 g/mol. The molecule has 7 nitrogen and oxygen atoms in total. The van der Waals surface area contributed by atoms with Crippen LogP contribution in [-0.2, 0) is 23.9 Å². The Morgan fingerprint density at radius 3 is 1.45 bits per heavy atom. The molecule has 0 rings (SSSR count). The molecule has 0 saturated carbocycles. The maximum Gasteiger partial charge on any atom is 0.305 e. The highest BCUT2D eigenvalue weighted by Crippen LogP contribution is 2.13. The molecule has 0 spiro atoms. The molecule has 0 aliphatic heterocycles. The molecule has 0 heterocycles. The average molecular weight is 625 g/mol. The van der Waals surface area contributed by atoms with Crippen molar-refractivity contribution in [2.24, 2.45) is 0 Å². The van der Waals surface area contributed by atoms with Crippen molar-refractivity contribution in [1.82, 2.24) is 0 Å². The number of nitrogens with zero attached hydrogens (tertiary/aromatic N) is 1. The van der Waals surface area contributed by atoms with Crippen molar-refractivity contribution in [3.63, 3.8) is 0 Å². The maximum atomic E-state index is 12.0. The minimum Gasteiger partial charge on any atom is -0.481 e. The number of carbonyl (C=O) groups excluding carboxylic acids is 2. The fourth-order valence-corrected chi connectivity index (χ4v) is 5.41. The van der Waals surface area contributed by atoms with Crippen LogP contribution in [0.25, 0.3) is 0 Å². The zero-order valence-electron chi connectivity index (χ0n) is 29.1. The van der Waals surface area contributed by atoms with E-state index in [1.54, 1.807) is 0 Å². The van der Waals surface area contributed by atoms with E-state index in [0.29, 0.717) is 26.1 Å². The first-order valence-corrected chi connectivity index (χ1v) is 18.2. The third-order valence-electron chi connectivity index (χ3n) is 8.35. The Morgan fingerprint density at radius 1 is 0.523 bits per heavy atom. The number of ether oxygens (including phenoxy) is 2. The van der Waals surface area contributed by atoms with E-state index in [0.717, 1.165) is 68.9 Å². The van der Waals surface area contributed by atoms with Crippen LogP contribution in [0.4, 0.5) is 0 Å². The van der Waals surface area contributed by atoms with E-state index in [-0.39, 0.29) is 11.9 Å². The summed E-state index contributed by atoms with van der Waals surface area (Å²) < 4.78 is 11.4. The number of likely N-dealkylation sites (N-methyl/N-ethyl adjacent to an activating group) is 1. The second-order valence-electron chi connectivity index (χ2n) is 13.3. The average Bonchev–Trinajstić information content (AvgIpc) is 2.96. The second-order valence-corrected chi connectivity index (χ2v) is 13.3. The summed E-state index contributed by atoms with van der Waals surface area (Å²) in [6.45, 7) is 4.55. The number of quaternary nitrogens is 1. The van der Waals surface area contributed by atoms with Crippen molar-refractivity contribution in [2.45, 2.75) is 167 Å². The second kappa shape index (κ2) is 31.1. The van der Waals surface area contributed by atoms with Gasteiger partial charge >= 0.3 is 17.9 Å². The van der Waals surface area contributed by atoms with E-state index < -0.39 is 5.97 Å². The maximum absolute atomic E-state index is 12.0. The summed E-state index contributed by atoms with van der Waals surface area (Å²) in [5, 5.41) is 8.63. The molecule has 7 heteroatoms. The van der Waals surface area contributed by atoms with Gasteiger partial charge in [-0.15, -0.1) is 0 Å². The van der Waals surface area contributed by atoms with Crippen LogP contribution in [0.2, 0.25) is 0 Å². The van der Waals surface area contributed by atoms with Gasteiger partial charge in [-0.2, -0.15) is 0 Å².